The summed E-state index contributed by atoms with van der Waals surface area (Å²) in [7, 11) is 0. The van der Waals surface area contributed by atoms with E-state index in [4.69, 9.17) is 0 Å². The number of nitrogens with one attached hydrogen (secondary N) is 1. The average molecular weight is 198 g/mol. The van der Waals surface area contributed by atoms with Crippen molar-refractivity contribution in [3.8, 4) is 0 Å². The highest BCUT2D eigenvalue weighted by Crippen LogP contribution is 2.45. The maximum atomic E-state index is 4.62. The Balaban J connectivity index is 1.81. The fraction of sp³-hybridized carbons (Fsp3) is 0.900. The van der Waals surface area contributed by atoms with Crippen LogP contribution in [0.25, 0.3) is 0 Å². The summed E-state index contributed by atoms with van der Waals surface area (Å²) in [6.07, 6.45) is 3.95. The van der Waals surface area contributed by atoms with E-state index in [1.807, 2.05) is 11.8 Å². The Morgan fingerprint density at radius 3 is 2.92 bits per heavy atom. The summed E-state index contributed by atoms with van der Waals surface area (Å²) in [4.78, 5) is 4.62. The molecule has 0 aromatic rings. The van der Waals surface area contributed by atoms with Gasteiger partial charge in [-0.2, -0.15) is 0 Å². The molecule has 1 saturated heterocycles. The molecule has 2 aliphatic rings. The third-order valence-electron chi connectivity index (χ3n) is 2.95. The number of hydrogen-bond acceptors (Lipinski definition) is 2. The molecule has 1 N–H and O–H groups in total. The summed E-state index contributed by atoms with van der Waals surface area (Å²) in [6, 6.07) is 0.663. The molecule has 1 saturated carbocycles. The Morgan fingerprint density at radius 2 is 2.38 bits per heavy atom. The van der Waals surface area contributed by atoms with Crippen LogP contribution in [-0.4, -0.2) is 23.5 Å². The Kier molecular flexibility index (Phi) is 2.54. The largest absolute Gasteiger partial charge is 0.361 e. The first-order chi connectivity index (χ1) is 6.22. The summed E-state index contributed by atoms with van der Waals surface area (Å²) in [5.74, 6) is 1.20. The van der Waals surface area contributed by atoms with E-state index < -0.39 is 0 Å². The molecule has 2 fully saturated rings. The SMILES string of the molecule is CCC1CSC(=NCC2(C)CC2)N1. The molecular formula is C10H18N2S. The smallest absolute Gasteiger partial charge is 0.156 e. The second-order valence-corrected chi connectivity index (χ2v) is 5.50. The highest BCUT2D eigenvalue weighted by molar-refractivity contribution is 8.14. The van der Waals surface area contributed by atoms with Gasteiger partial charge in [0.2, 0.25) is 0 Å². The van der Waals surface area contributed by atoms with Crippen LogP contribution in [0.4, 0.5) is 0 Å². The van der Waals surface area contributed by atoms with Crippen LogP contribution in [0.1, 0.15) is 33.1 Å². The van der Waals surface area contributed by atoms with E-state index in [0.29, 0.717) is 11.5 Å². The molecule has 1 heterocycles. The normalized spacial score (nSPS) is 33.4. The minimum absolute atomic E-state index is 0.555. The van der Waals surface area contributed by atoms with Gasteiger partial charge in [-0.15, -0.1) is 0 Å². The van der Waals surface area contributed by atoms with E-state index in [9.17, 15) is 0 Å². The van der Waals surface area contributed by atoms with E-state index in [1.165, 1.54) is 30.2 Å². The number of hydrogen-bond donors (Lipinski definition) is 1. The molecule has 0 bridgehead atoms. The van der Waals surface area contributed by atoms with Gasteiger partial charge in [-0.05, 0) is 24.7 Å². The Morgan fingerprint density at radius 1 is 1.62 bits per heavy atom. The van der Waals surface area contributed by atoms with E-state index in [1.54, 1.807) is 0 Å². The van der Waals surface area contributed by atoms with Crippen LogP contribution in [-0.2, 0) is 0 Å². The molecule has 1 atom stereocenters. The van der Waals surface area contributed by atoms with Crippen LogP contribution in [0.3, 0.4) is 0 Å². The van der Waals surface area contributed by atoms with Gasteiger partial charge in [0, 0.05) is 18.3 Å². The van der Waals surface area contributed by atoms with Gasteiger partial charge in [0.1, 0.15) is 0 Å². The fourth-order valence-corrected chi connectivity index (χ4v) is 2.47. The number of rotatable bonds is 3. The zero-order valence-electron chi connectivity index (χ0n) is 8.47. The lowest BCUT2D eigenvalue weighted by Gasteiger charge is -2.06. The van der Waals surface area contributed by atoms with Crippen molar-refractivity contribution in [2.75, 3.05) is 12.3 Å². The van der Waals surface area contributed by atoms with E-state index in [2.05, 4.69) is 24.2 Å². The molecule has 0 spiro atoms. The van der Waals surface area contributed by atoms with E-state index >= 15 is 0 Å². The van der Waals surface area contributed by atoms with Gasteiger partial charge in [-0.3, -0.25) is 4.99 Å². The second kappa shape index (κ2) is 3.52. The van der Waals surface area contributed by atoms with Gasteiger partial charge >= 0.3 is 0 Å². The molecule has 0 radical (unpaired) electrons. The molecule has 2 rings (SSSR count). The first-order valence-corrected chi connectivity index (χ1v) is 6.14. The predicted molar refractivity (Wildman–Crippen MR) is 59.3 cm³/mol. The zero-order chi connectivity index (χ0) is 9.31. The Hall–Kier alpha value is -0.180. The molecular weight excluding hydrogens is 180 g/mol. The molecule has 3 heteroatoms. The van der Waals surface area contributed by atoms with Crippen molar-refractivity contribution in [2.24, 2.45) is 10.4 Å². The van der Waals surface area contributed by atoms with Gasteiger partial charge in [0.25, 0.3) is 0 Å². The summed E-state index contributed by atoms with van der Waals surface area (Å²) in [6.45, 7) is 5.58. The number of nitrogens with zero attached hydrogens (tertiary/aromatic N) is 1. The predicted octanol–water partition coefficient (Wildman–Crippen LogP) is 2.26. The van der Waals surface area contributed by atoms with Gasteiger partial charge in [0.15, 0.2) is 5.17 Å². The highest BCUT2D eigenvalue weighted by Gasteiger charge is 2.37. The van der Waals surface area contributed by atoms with Crippen LogP contribution in [0.5, 0.6) is 0 Å². The van der Waals surface area contributed by atoms with E-state index in [0.717, 1.165) is 6.54 Å². The molecule has 1 aliphatic carbocycles. The maximum absolute atomic E-state index is 4.62. The third-order valence-corrected chi connectivity index (χ3v) is 4.04. The minimum Gasteiger partial charge on any atom is -0.361 e. The molecule has 0 aromatic carbocycles. The van der Waals surface area contributed by atoms with Crippen molar-refractivity contribution in [2.45, 2.75) is 39.2 Å². The molecule has 74 valence electrons. The standard InChI is InChI=1S/C10H18N2S/c1-3-8-6-13-9(12-8)11-7-10(2)4-5-10/h8H,3-7H2,1-2H3,(H,11,12). The first-order valence-electron chi connectivity index (χ1n) is 5.16. The third kappa shape index (κ3) is 2.39. The van der Waals surface area contributed by atoms with Crippen molar-refractivity contribution >= 4 is 16.9 Å². The van der Waals surface area contributed by atoms with Crippen molar-refractivity contribution in [3.63, 3.8) is 0 Å². The molecule has 0 aromatic heterocycles. The lowest BCUT2D eigenvalue weighted by atomic mass is 10.1. The summed E-state index contributed by atoms with van der Waals surface area (Å²) in [5, 5.41) is 4.63. The molecule has 1 unspecified atom stereocenters. The number of thioether (sulfide) groups is 1. The lowest BCUT2D eigenvalue weighted by Crippen LogP contribution is -2.26. The summed E-state index contributed by atoms with van der Waals surface area (Å²) < 4.78 is 0. The van der Waals surface area contributed by atoms with Crippen LogP contribution in [0.15, 0.2) is 4.99 Å². The van der Waals surface area contributed by atoms with Crippen molar-refractivity contribution < 1.29 is 0 Å². The van der Waals surface area contributed by atoms with Gasteiger partial charge in [-0.1, -0.05) is 25.6 Å². The monoisotopic (exact) mass is 198 g/mol. The Labute approximate surface area is 84.6 Å². The lowest BCUT2D eigenvalue weighted by molar-refractivity contribution is 0.587. The van der Waals surface area contributed by atoms with Crippen LogP contribution in [0, 0.1) is 5.41 Å². The minimum atomic E-state index is 0.555. The fourth-order valence-electron chi connectivity index (χ4n) is 1.38. The van der Waals surface area contributed by atoms with Crippen molar-refractivity contribution in [1.82, 2.24) is 5.32 Å². The van der Waals surface area contributed by atoms with E-state index in [-0.39, 0.29) is 0 Å². The zero-order valence-corrected chi connectivity index (χ0v) is 9.28. The van der Waals surface area contributed by atoms with Crippen LogP contribution in [0.2, 0.25) is 0 Å². The summed E-state index contributed by atoms with van der Waals surface area (Å²) >= 11 is 1.88. The number of amidine groups is 1. The second-order valence-electron chi connectivity index (χ2n) is 4.49. The summed E-state index contributed by atoms with van der Waals surface area (Å²) in [5.41, 5.74) is 0.555. The average Bonchev–Trinajstić information content (AvgIpc) is 2.69. The quantitative estimate of drug-likeness (QED) is 0.752. The number of aliphatic imine (C=N–C) groups is 1. The molecule has 0 amide bonds. The Bertz CT molecular complexity index is 221. The van der Waals surface area contributed by atoms with Crippen LogP contribution >= 0.6 is 11.8 Å². The molecule has 2 nitrogen and oxygen atoms in total. The van der Waals surface area contributed by atoms with Gasteiger partial charge < -0.3 is 5.32 Å². The highest BCUT2D eigenvalue weighted by atomic mass is 32.2. The maximum Gasteiger partial charge on any atom is 0.156 e. The molecule has 13 heavy (non-hydrogen) atoms. The van der Waals surface area contributed by atoms with Gasteiger partial charge in [-0.25, -0.2) is 0 Å². The molecule has 1 aliphatic heterocycles. The van der Waals surface area contributed by atoms with Gasteiger partial charge in [0.05, 0.1) is 0 Å². The van der Waals surface area contributed by atoms with Crippen molar-refractivity contribution in [3.05, 3.63) is 0 Å². The van der Waals surface area contributed by atoms with Crippen molar-refractivity contribution in [1.29, 1.82) is 0 Å². The first kappa shape index (κ1) is 9.38. The van der Waals surface area contributed by atoms with Crippen LogP contribution < -0.4 is 5.32 Å². The topological polar surface area (TPSA) is 24.4 Å².